The summed E-state index contributed by atoms with van der Waals surface area (Å²) in [4.78, 5) is 1.27. The molecule has 0 N–H and O–H groups in total. The third-order valence-electron chi connectivity index (χ3n) is 4.00. The Morgan fingerprint density at radius 1 is 1.08 bits per heavy atom. The van der Waals surface area contributed by atoms with Crippen LogP contribution in [0.2, 0.25) is 0 Å². The molecule has 0 amide bonds. The second-order valence-corrected chi connectivity index (χ2v) is 8.61. The van der Waals surface area contributed by atoms with E-state index >= 15 is 0 Å². The van der Waals surface area contributed by atoms with Crippen molar-refractivity contribution < 1.29 is 13.2 Å². The van der Waals surface area contributed by atoms with E-state index in [1.807, 2.05) is 47.5 Å². The number of nitrogens with zero attached hydrogens (tertiary/aromatic N) is 2. The second kappa shape index (κ2) is 7.43. The first-order valence-electron chi connectivity index (χ1n) is 7.77. The van der Waals surface area contributed by atoms with E-state index in [-0.39, 0.29) is 4.90 Å². The first-order valence-corrected chi connectivity index (χ1v) is 10.1. The Hall–Kier alpha value is -2.09. The van der Waals surface area contributed by atoms with Crippen LogP contribution in [-0.2, 0) is 30.2 Å². The normalized spacial score (nSPS) is 11.8. The minimum Gasteiger partial charge on any atom is -0.497 e. The highest BCUT2D eigenvalue weighted by Crippen LogP contribution is 2.24. The van der Waals surface area contributed by atoms with Gasteiger partial charge in [0.15, 0.2) is 0 Å². The number of ether oxygens (including phenoxy) is 1. The number of hydrogen-bond donors (Lipinski definition) is 0. The van der Waals surface area contributed by atoms with Gasteiger partial charge in [0.25, 0.3) is 0 Å². The number of benzene rings is 1. The summed E-state index contributed by atoms with van der Waals surface area (Å²) in [5.74, 6) is 0.631. The molecule has 7 heteroatoms. The quantitative estimate of drug-likeness (QED) is 0.634. The largest absolute Gasteiger partial charge is 0.497 e. The van der Waals surface area contributed by atoms with Crippen molar-refractivity contribution in [3.8, 4) is 5.75 Å². The Labute approximate surface area is 152 Å². The summed E-state index contributed by atoms with van der Waals surface area (Å²) in [5.41, 5.74) is 0.939. The fourth-order valence-electron chi connectivity index (χ4n) is 2.54. The van der Waals surface area contributed by atoms with Gasteiger partial charge in [0.1, 0.15) is 5.75 Å². The number of sulfonamides is 1. The molecule has 2 aromatic heterocycles. The maximum atomic E-state index is 13.2. The van der Waals surface area contributed by atoms with E-state index in [0.717, 1.165) is 10.6 Å². The second-order valence-electron chi connectivity index (χ2n) is 5.64. The first-order chi connectivity index (χ1) is 12.0. The zero-order valence-electron chi connectivity index (χ0n) is 14.1. The van der Waals surface area contributed by atoms with E-state index in [1.54, 1.807) is 42.7 Å². The highest BCUT2D eigenvalue weighted by atomic mass is 32.2. The van der Waals surface area contributed by atoms with Crippen molar-refractivity contribution >= 4 is 21.4 Å². The predicted molar refractivity (Wildman–Crippen MR) is 99.2 cm³/mol. The van der Waals surface area contributed by atoms with E-state index in [4.69, 9.17) is 4.74 Å². The third kappa shape index (κ3) is 3.95. The molecule has 0 fully saturated rings. The minimum absolute atomic E-state index is 0.263. The average molecular weight is 377 g/mol. The SMILES string of the molecule is COc1ccc(S(=O)(=O)N(Cc2cccs2)Cc2cccn2C)cc1. The summed E-state index contributed by atoms with van der Waals surface area (Å²) in [6.07, 6.45) is 1.92. The number of hydrogen-bond acceptors (Lipinski definition) is 4. The van der Waals surface area contributed by atoms with Crippen molar-refractivity contribution in [2.75, 3.05) is 7.11 Å². The van der Waals surface area contributed by atoms with E-state index in [2.05, 4.69) is 0 Å². The Morgan fingerprint density at radius 2 is 1.84 bits per heavy atom. The van der Waals surface area contributed by atoms with Crippen LogP contribution in [0.25, 0.3) is 0 Å². The molecule has 0 saturated carbocycles. The molecule has 0 atom stereocenters. The van der Waals surface area contributed by atoms with Gasteiger partial charge in [-0.3, -0.25) is 0 Å². The molecule has 0 unspecified atom stereocenters. The predicted octanol–water partition coefficient (Wildman–Crippen LogP) is 3.49. The lowest BCUT2D eigenvalue weighted by Gasteiger charge is -2.22. The topological polar surface area (TPSA) is 51.5 Å². The lowest BCUT2D eigenvalue weighted by molar-refractivity contribution is 0.395. The van der Waals surface area contributed by atoms with Crippen LogP contribution in [0.5, 0.6) is 5.75 Å². The maximum Gasteiger partial charge on any atom is 0.243 e. The van der Waals surface area contributed by atoms with Crippen LogP contribution < -0.4 is 4.74 Å². The van der Waals surface area contributed by atoms with Gasteiger partial charge in [-0.05, 0) is 47.8 Å². The molecule has 0 aliphatic rings. The molecule has 3 rings (SSSR count). The maximum absolute atomic E-state index is 13.2. The molecule has 0 bridgehead atoms. The van der Waals surface area contributed by atoms with Crippen LogP contribution in [0.3, 0.4) is 0 Å². The van der Waals surface area contributed by atoms with Gasteiger partial charge in [0.2, 0.25) is 10.0 Å². The number of thiophene rings is 1. The van der Waals surface area contributed by atoms with Gasteiger partial charge in [0.05, 0.1) is 18.6 Å². The molecule has 0 saturated heterocycles. The van der Waals surface area contributed by atoms with Gasteiger partial charge in [-0.15, -0.1) is 11.3 Å². The average Bonchev–Trinajstić information content (AvgIpc) is 3.26. The molecular formula is C18H20N2O3S2. The van der Waals surface area contributed by atoms with Crippen molar-refractivity contribution in [3.05, 3.63) is 70.7 Å². The van der Waals surface area contributed by atoms with Crippen molar-refractivity contribution in [2.45, 2.75) is 18.0 Å². The molecule has 0 aliphatic heterocycles. The fraction of sp³-hybridized carbons (Fsp3) is 0.222. The Bertz CT molecular complexity index is 914. The fourth-order valence-corrected chi connectivity index (χ4v) is 4.73. The highest BCUT2D eigenvalue weighted by Gasteiger charge is 2.26. The van der Waals surface area contributed by atoms with Crippen molar-refractivity contribution in [1.82, 2.24) is 8.87 Å². The molecule has 1 aromatic carbocycles. The molecular weight excluding hydrogens is 356 g/mol. The van der Waals surface area contributed by atoms with Crippen molar-refractivity contribution in [3.63, 3.8) is 0 Å². The number of aromatic nitrogens is 1. The molecule has 2 heterocycles. The summed E-state index contributed by atoms with van der Waals surface area (Å²) < 4.78 is 34.9. The molecule has 25 heavy (non-hydrogen) atoms. The van der Waals surface area contributed by atoms with Gasteiger partial charge in [-0.25, -0.2) is 8.42 Å². The number of aryl methyl sites for hydroxylation is 1. The molecule has 132 valence electrons. The monoisotopic (exact) mass is 376 g/mol. The zero-order chi connectivity index (χ0) is 17.9. The van der Waals surface area contributed by atoms with Gasteiger partial charge in [-0.1, -0.05) is 6.07 Å². The molecule has 0 spiro atoms. The van der Waals surface area contributed by atoms with Crippen LogP contribution in [-0.4, -0.2) is 24.4 Å². The van der Waals surface area contributed by atoms with Crippen LogP contribution in [0.1, 0.15) is 10.6 Å². The summed E-state index contributed by atoms with van der Waals surface area (Å²) in [7, 11) is -0.151. The van der Waals surface area contributed by atoms with Crippen LogP contribution in [0.15, 0.2) is 65.0 Å². The van der Waals surface area contributed by atoms with Gasteiger partial charge in [-0.2, -0.15) is 4.31 Å². The lowest BCUT2D eigenvalue weighted by atomic mass is 10.3. The summed E-state index contributed by atoms with van der Waals surface area (Å²) in [6, 6.07) is 14.2. The standard InChI is InChI=1S/C18H20N2O3S2/c1-19-11-3-5-15(19)13-20(14-17-6-4-12-24-17)25(21,22)18-9-7-16(23-2)8-10-18/h3-12H,13-14H2,1-2H3. The molecule has 0 aliphatic carbocycles. The summed E-state index contributed by atoms with van der Waals surface area (Å²) in [6.45, 7) is 0.660. The smallest absolute Gasteiger partial charge is 0.243 e. The third-order valence-corrected chi connectivity index (χ3v) is 6.67. The summed E-state index contributed by atoms with van der Waals surface area (Å²) in [5, 5.41) is 1.95. The summed E-state index contributed by atoms with van der Waals surface area (Å²) >= 11 is 1.55. The molecule has 0 radical (unpaired) electrons. The van der Waals surface area contributed by atoms with Crippen LogP contribution in [0, 0.1) is 0 Å². The number of methoxy groups -OCH3 is 1. The minimum atomic E-state index is -3.62. The van der Waals surface area contributed by atoms with E-state index in [0.29, 0.717) is 18.8 Å². The van der Waals surface area contributed by atoms with Crippen LogP contribution >= 0.6 is 11.3 Å². The Morgan fingerprint density at radius 3 is 2.40 bits per heavy atom. The lowest BCUT2D eigenvalue weighted by Crippen LogP contribution is -2.30. The molecule has 3 aromatic rings. The zero-order valence-corrected chi connectivity index (χ0v) is 15.8. The van der Waals surface area contributed by atoms with Crippen LogP contribution in [0.4, 0.5) is 0 Å². The highest BCUT2D eigenvalue weighted by molar-refractivity contribution is 7.89. The van der Waals surface area contributed by atoms with E-state index < -0.39 is 10.0 Å². The Kier molecular flexibility index (Phi) is 5.27. The first kappa shape index (κ1) is 17.7. The van der Waals surface area contributed by atoms with Gasteiger partial charge >= 0.3 is 0 Å². The van der Waals surface area contributed by atoms with Gasteiger partial charge in [0, 0.05) is 30.4 Å². The van der Waals surface area contributed by atoms with Crippen molar-refractivity contribution in [1.29, 1.82) is 0 Å². The van der Waals surface area contributed by atoms with Gasteiger partial charge < -0.3 is 9.30 Å². The molecule has 5 nitrogen and oxygen atoms in total. The number of rotatable bonds is 7. The van der Waals surface area contributed by atoms with Crippen molar-refractivity contribution in [2.24, 2.45) is 7.05 Å². The Balaban J connectivity index is 1.94. The van der Waals surface area contributed by atoms with E-state index in [9.17, 15) is 8.42 Å². The van der Waals surface area contributed by atoms with E-state index in [1.165, 1.54) is 4.31 Å².